The Morgan fingerprint density at radius 1 is 1.12 bits per heavy atom. The number of hydrogen-bond acceptors (Lipinski definition) is 4. The average Bonchev–Trinajstić information content (AvgIpc) is 3.03. The molecule has 0 radical (unpaired) electrons. The molecule has 3 aliphatic rings. The smallest absolute Gasteiger partial charge is 0.255 e. The van der Waals surface area contributed by atoms with Crippen LogP contribution in [0.5, 0.6) is 5.75 Å². The molecule has 0 bridgehead atoms. The number of benzene rings is 1. The van der Waals surface area contributed by atoms with E-state index in [4.69, 9.17) is 4.74 Å². The summed E-state index contributed by atoms with van der Waals surface area (Å²) in [5.74, 6) is 2.42. The van der Waals surface area contributed by atoms with Crippen LogP contribution in [-0.4, -0.2) is 59.0 Å². The lowest BCUT2D eigenvalue weighted by molar-refractivity contribution is -0.139. The third-order valence-electron chi connectivity index (χ3n) is 6.07. The summed E-state index contributed by atoms with van der Waals surface area (Å²) in [5, 5.41) is 0. The molecule has 3 fully saturated rings. The van der Waals surface area contributed by atoms with Gasteiger partial charge in [0.1, 0.15) is 5.75 Å². The summed E-state index contributed by atoms with van der Waals surface area (Å²) in [5.41, 5.74) is 0.709. The molecule has 2 saturated heterocycles. The van der Waals surface area contributed by atoms with Gasteiger partial charge in [0.25, 0.3) is 5.91 Å². The zero-order valence-electron chi connectivity index (χ0n) is 15.3. The van der Waals surface area contributed by atoms with E-state index < -0.39 is 0 Å². The van der Waals surface area contributed by atoms with Gasteiger partial charge < -0.3 is 14.5 Å². The summed E-state index contributed by atoms with van der Waals surface area (Å²) in [6.45, 7) is 2.33. The largest absolute Gasteiger partial charge is 0.497 e. The molecule has 0 aromatic heterocycles. The second kappa shape index (κ2) is 7.14. The Kier molecular flexibility index (Phi) is 4.86. The van der Waals surface area contributed by atoms with E-state index in [-0.39, 0.29) is 16.7 Å². The van der Waals surface area contributed by atoms with E-state index in [1.165, 1.54) is 6.42 Å². The maximum absolute atomic E-state index is 13.1. The Labute approximate surface area is 159 Å². The number of thioether (sulfide) groups is 1. The number of hydrogen-bond donors (Lipinski definition) is 0. The van der Waals surface area contributed by atoms with E-state index in [1.807, 2.05) is 45.8 Å². The molecule has 0 atom stereocenters. The molecule has 1 aliphatic carbocycles. The highest BCUT2D eigenvalue weighted by Gasteiger charge is 2.47. The first-order valence-electron chi connectivity index (χ1n) is 9.52. The Morgan fingerprint density at radius 2 is 1.81 bits per heavy atom. The van der Waals surface area contributed by atoms with Crippen molar-refractivity contribution < 1.29 is 14.3 Å². The molecule has 4 rings (SSSR count). The lowest BCUT2D eigenvalue weighted by Gasteiger charge is -2.45. The number of nitrogens with zero attached hydrogens (tertiary/aromatic N) is 2. The summed E-state index contributed by atoms with van der Waals surface area (Å²) in [6, 6.07) is 7.35. The summed E-state index contributed by atoms with van der Waals surface area (Å²) in [4.78, 5) is 29.5. The summed E-state index contributed by atoms with van der Waals surface area (Å²) in [6.07, 6.45) is 5.04. The number of carbonyl (C=O) groups excluding carboxylic acids is 2. The third kappa shape index (κ3) is 3.08. The van der Waals surface area contributed by atoms with Gasteiger partial charge in [0.15, 0.2) is 0 Å². The lowest BCUT2D eigenvalue weighted by Crippen LogP contribution is -2.54. The van der Waals surface area contributed by atoms with Crippen molar-refractivity contribution in [3.05, 3.63) is 29.8 Å². The van der Waals surface area contributed by atoms with E-state index in [2.05, 4.69) is 0 Å². The maximum atomic E-state index is 13.1. The monoisotopic (exact) mass is 374 g/mol. The van der Waals surface area contributed by atoms with Crippen molar-refractivity contribution in [1.29, 1.82) is 0 Å². The van der Waals surface area contributed by atoms with Crippen LogP contribution in [0.1, 0.15) is 42.5 Å². The minimum absolute atomic E-state index is 0.0939. The quantitative estimate of drug-likeness (QED) is 0.816. The van der Waals surface area contributed by atoms with Crippen molar-refractivity contribution in [1.82, 2.24) is 9.80 Å². The van der Waals surface area contributed by atoms with Gasteiger partial charge in [-0.1, -0.05) is 6.42 Å². The average molecular weight is 375 g/mol. The molecule has 140 valence electrons. The predicted molar refractivity (Wildman–Crippen MR) is 102 cm³/mol. The molecule has 2 heterocycles. The highest BCUT2D eigenvalue weighted by Crippen LogP contribution is 2.45. The highest BCUT2D eigenvalue weighted by atomic mass is 32.2. The van der Waals surface area contributed by atoms with Crippen molar-refractivity contribution >= 4 is 23.6 Å². The predicted octanol–water partition coefficient (Wildman–Crippen LogP) is 3.00. The number of amides is 2. The summed E-state index contributed by atoms with van der Waals surface area (Å²) in [7, 11) is 1.63. The van der Waals surface area contributed by atoms with Crippen LogP contribution in [0.25, 0.3) is 0 Å². The van der Waals surface area contributed by atoms with E-state index in [9.17, 15) is 9.59 Å². The molecule has 1 aromatic rings. The molecule has 0 unspecified atom stereocenters. The first-order valence-corrected chi connectivity index (χ1v) is 10.5. The fourth-order valence-corrected chi connectivity index (χ4v) is 5.64. The Balaban J connectivity index is 1.44. The highest BCUT2D eigenvalue weighted by molar-refractivity contribution is 8.00. The van der Waals surface area contributed by atoms with Gasteiger partial charge in [0.05, 0.1) is 12.0 Å². The Morgan fingerprint density at radius 3 is 2.38 bits per heavy atom. The van der Waals surface area contributed by atoms with Crippen LogP contribution in [0.4, 0.5) is 0 Å². The number of likely N-dealkylation sites (tertiary alicyclic amines) is 1. The molecule has 1 aromatic carbocycles. The zero-order valence-corrected chi connectivity index (χ0v) is 16.1. The van der Waals surface area contributed by atoms with Crippen LogP contribution in [0.3, 0.4) is 0 Å². The molecular formula is C20H26N2O3S. The summed E-state index contributed by atoms with van der Waals surface area (Å²) >= 11 is 1.89. The van der Waals surface area contributed by atoms with Crippen molar-refractivity contribution in [3.8, 4) is 5.75 Å². The molecular weight excluding hydrogens is 348 g/mol. The second-order valence-corrected chi connectivity index (χ2v) is 8.89. The number of piperidine rings is 1. The lowest BCUT2D eigenvalue weighted by atomic mass is 9.84. The Bertz CT molecular complexity index is 679. The molecule has 0 N–H and O–H groups in total. The van der Waals surface area contributed by atoms with Crippen LogP contribution in [0.2, 0.25) is 0 Å². The van der Waals surface area contributed by atoms with E-state index in [1.54, 1.807) is 7.11 Å². The first kappa shape index (κ1) is 17.7. The minimum atomic E-state index is -0.145. The number of ether oxygens (including phenoxy) is 1. The number of methoxy groups -OCH3 is 1. The van der Waals surface area contributed by atoms with Gasteiger partial charge in [-0.05, 0) is 49.9 Å². The van der Waals surface area contributed by atoms with E-state index in [0.717, 1.165) is 56.8 Å². The van der Waals surface area contributed by atoms with E-state index in [0.29, 0.717) is 11.5 Å². The van der Waals surface area contributed by atoms with Gasteiger partial charge in [0.2, 0.25) is 5.91 Å². The van der Waals surface area contributed by atoms with Crippen LogP contribution >= 0.6 is 11.8 Å². The topological polar surface area (TPSA) is 49.9 Å². The molecule has 2 amide bonds. The van der Waals surface area contributed by atoms with Crippen molar-refractivity contribution in [2.75, 3.05) is 32.5 Å². The molecule has 2 aliphatic heterocycles. The molecule has 26 heavy (non-hydrogen) atoms. The minimum Gasteiger partial charge on any atom is -0.497 e. The van der Waals surface area contributed by atoms with Crippen LogP contribution < -0.4 is 4.74 Å². The second-order valence-electron chi connectivity index (χ2n) is 7.43. The fourth-order valence-electron chi connectivity index (χ4n) is 4.19. The van der Waals surface area contributed by atoms with Crippen LogP contribution in [0, 0.1) is 5.92 Å². The van der Waals surface area contributed by atoms with Gasteiger partial charge in [-0.3, -0.25) is 9.59 Å². The Hall–Kier alpha value is -1.69. The molecule has 5 nitrogen and oxygen atoms in total. The first-order chi connectivity index (χ1) is 12.6. The van der Waals surface area contributed by atoms with Crippen molar-refractivity contribution in [2.24, 2.45) is 5.92 Å². The number of rotatable bonds is 3. The normalized spacial score (nSPS) is 22.3. The SMILES string of the molecule is COc1ccc(C(=O)N2CCSC23CCN(C(=O)C2CCC2)CC3)cc1. The molecule has 1 spiro atoms. The third-order valence-corrected chi connectivity index (χ3v) is 7.62. The van der Waals surface area contributed by atoms with Gasteiger partial charge in [-0.25, -0.2) is 0 Å². The fraction of sp³-hybridized carbons (Fsp3) is 0.600. The zero-order chi connectivity index (χ0) is 18.1. The standard InChI is InChI=1S/C20H26N2O3S/c1-25-17-7-5-16(6-8-17)19(24)22-13-14-26-20(22)9-11-21(12-10-20)18(23)15-3-2-4-15/h5-8,15H,2-4,9-14H2,1H3. The van der Waals surface area contributed by atoms with E-state index >= 15 is 0 Å². The molecule has 6 heteroatoms. The summed E-state index contributed by atoms with van der Waals surface area (Å²) < 4.78 is 5.19. The number of carbonyl (C=O) groups is 2. The van der Waals surface area contributed by atoms with Gasteiger partial charge in [-0.15, -0.1) is 11.8 Å². The van der Waals surface area contributed by atoms with Gasteiger partial charge in [0, 0.05) is 36.9 Å². The van der Waals surface area contributed by atoms with Crippen molar-refractivity contribution in [3.63, 3.8) is 0 Å². The maximum Gasteiger partial charge on any atom is 0.255 e. The van der Waals surface area contributed by atoms with Crippen molar-refractivity contribution in [2.45, 2.75) is 37.0 Å². The van der Waals surface area contributed by atoms with Gasteiger partial charge >= 0.3 is 0 Å². The van der Waals surface area contributed by atoms with Crippen LogP contribution in [-0.2, 0) is 4.79 Å². The van der Waals surface area contributed by atoms with Gasteiger partial charge in [-0.2, -0.15) is 0 Å². The van der Waals surface area contributed by atoms with Crippen LogP contribution in [0.15, 0.2) is 24.3 Å². The molecule has 1 saturated carbocycles.